The minimum absolute atomic E-state index is 0.209. The van der Waals surface area contributed by atoms with Crippen LogP contribution in [0, 0.1) is 12.8 Å². The highest BCUT2D eigenvalue weighted by Gasteiger charge is 2.20. The molecule has 0 aliphatic heterocycles. The zero-order valence-corrected chi connectivity index (χ0v) is 9.81. The normalized spacial score (nSPS) is 26.2. The molecule has 1 aliphatic rings. The second kappa shape index (κ2) is 4.85. The number of aliphatic hydroxyl groups is 1. The average molecular weight is 221 g/mol. The van der Waals surface area contributed by atoms with Gasteiger partial charge in [-0.05, 0) is 32.4 Å². The van der Waals surface area contributed by atoms with Crippen LogP contribution in [-0.2, 0) is 0 Å². The van der Waals surface area contributed by atoms with Gasteiger partial charge in [-0.15, -0.1) is 0 Å². The molecule has 2 rings (SSSR count). The standard InChI is InChI=1S/C13H19NO2/c1-9-3-6-13(16-9)10(2)14-12-5-4-11(7-12)8-15/h3-6,10-12,14-15H,7-8H2,1-2H3/t10?,11-,12+/m0/s1. The largest absolute Gasteiger partial charge is 0.465 e. The summed E-state index contributed by atoms with van der Waals surface area (Å²) in [6.45, 7) is 4.29. The summed E-state index contributed by atoms with van der Waals surface area (Å²) in [6.07, 6.45) is 5.19. The number of nitrogens with one attached hydrogen (secondary N) is 1. The van der Waals surface area contributed by atoms with Crippen molar-refractivity contribution in [3.63, 3.8) is 0 Å². The van der Waals surface area contributed by atoms with Gasteiger partial charge in [0.25, 0.3) is 0 Å². The van der Waals surface area contributed by atoms with Crippen molar-refractivity contribution >= 4 is 0 Å². The fourth-order valence-electron chi connectivity index (χ4n) is 2.12. The zero-order valence-electron chi connectivity index (χ0n) is 9.81. The van der Waals surface area contributed by atoms with Crippen molar-refractivity contribution in [1.29, 1.82) is 0 Å². The van der Waals surface area contributed by atoms with Crippen LogP contribution in [0.4, 0.5) is 0 Å². The smallest absolute Gasteiger partial charge is 0.120 e. The zero-order chi connectivity index (χ0) is 11.5. The molecule has 1 aliphatic carbocycles. The van der Waals surface area contributed by atoms with Crippen molar-refractivity contribution in [1.82, 2.24) is 5.32 Å². The summed E-state index contributed by atoms with van der Waals surface area (Å²) in [5.74, 6) is 2.22. The number of rotatable bonds is 4. The van der Waals surface area contributed by atoms with Crippen molar-refractivity contribution in [2.24, 2.45) is 5.92 Å². The summed E-state index contributed by atoms with van der Waals surface area (Å²) in [6, 6.07) is 4.54. The van der Waals surface area contributed by atoms with Crippen LogP contribution < -0.4 is 5.32 Å². The van der Waals surface area contributed by atoms with E-state index in [-0.39, 0.29) is 12.6 Å². The van der Waals surface area contributed by atoms with Gasteiger partial charge in [0.05, 0.1) is 6.04 Å². The molecule has 0 bridgehead atoms. The Kier molecular flexibility index (Phi) is 3.46. The SMILES string of the molecule is Cc1ccc(C(C)N[C@@H]2C=C[C@H](CO)C2)o1. The molecule has 0 saturated heterocycles. The van der Waals surface area contributed by atoms with E-state index in [2.05, 4.69) is 24.4 Å². The molecule has 0 spiro atoms. The van der Waals surface area contributed by atoms with Crippen LogP contribution in [0.15, 0.2) is 28.7 Å². The summed E-state index contributed by atoms with van der Waals surface area (Å²) < 4.78 is 5.57. The van der Waals surface area contributed by atoms with E-state index in [1.807, 2.05) is 19.1 Å². The Bertz CT molecular complexity index is 370. The third-order valence-corrected chi connectivity index (χ3v) is 3.06. The van der Waals surface area contributed by atoms with Gasteiger partial charge in [-0.1, -0.05) is 12.2 Å². The number of aryl methyl sites for hydroxylation is 1. The first-order valence-corrected chi connectivity index (χ1v) is 5.80. The number of aliphatic hydroxyl groups excluding tert-OH is 1. The van der Waals surface area contributed by atoms with Crippen LogP contribution in [0.1, 0.15) is 30.9 Å². The van der Waals surface area contributed by atoms with Crippen LogP contribution in [0.2, 0.25) is 0 Å². The Balaban J connectivity index is 1.89. The molecule has 1 aromatic heterocycles. The minimum atomic E-state index is 0.209. The van der Waals surface area contributed by atoms with Crippen molar-refractivity contribution in [2.45, 2.75) is 32.4 Å². The van der Waals surface area contributed by atoms with E-state index in [1.54, 1.807) is 0 Å². The molecular formula is C13H19NO2. The summed E-state index contributed by atoms with van der Waals surface area (Å²) >= 11 is 0. The summed E-state index contributed by atoms with van der Waals surface area (Å²) in [4.78, 5) is 0. The van der Waals surface area contributed by atoms with Crippen molar-refractivity contribution in [2.75, 3.05) is 6.61 Å². The Morgan fingerprint density at radius 2 is 2.31 bits per heavy atom. The second-order valence-electron chi connectivity index (χ2n) is 4.51. The lowest BCUT2D eigenvalue weighted by Crippen LogP contribution is -2.29. The third-order valence-electron chi connectivity index (χ3n) is 3.06. The number of hydrogen-bond donors (Lipinski definition) is 2. The Labute approximate surface area is 96.2 Å². The van der Waals surface area contributed by atoms with E-state index in [9.17, 15) is 0 Å². The highest BCUT2D eigenvalue weighted by Crippen LogP contribution is 2.22. The number of furan rings is 1. The van der Waals surface area contributed by atoms with Crippen molar-refractivity contribution in [3.05, 3.63) is 35.8 Å². The lowest BCUT2D eigenvalue weighted by atomic mass is 10.1. The minimum Gasteiger partial charge on any atom is -0.465 e. The van der Waals surface area contributed by atoms with Gasteiger partial charge in [-0.25, -0.2) is 0 Å². The Morgan fingerprint density at radius 1 is 1.50 bits per heavy atom. The van der Waals surface area contributed by atoms with Crippen LogP contribution in [0.5, 0.6) is 0 Å². The molecule has 0 fully saturated rings. The first-order valence-electron chi connectivity index (χ1n) is 5.80. The molecule has 3 nitrogen and oxygen atoms in total. The Hall–Kier alpha value is -1.06. The van der Waals surface area contributed by atoms with E-state index in [0.717, 1.165) is 17.9 Å². The molecule has 16 heavy (non-hydrogen) atoms. The first kappa shape index (κ1) is 11.4. The van der Waals surface area contributed by atoms with Crippen LogP contribution in [0.25, 0.3) is 0 Å². The maximum absolute atomic E-state index is 9.04. The molecule has 0 radical (unpaired) electrons. The molecular weight excluding hydrogens is 202 g/mol. The van der Waals surface area contributed by atoms with E-state index in [1.165, 1.54) is 0 Å². The van der Waals surface area contributed by atoms with Crippen LogP contribution >= 0.6 is 0 Å². The molecule has 88 valence electrons. The highest BCUT2D eigenvalue weighted by molar-refractivity contribution is 5.12. The van der Waals surface area contributed by atoms with Crippen LogP contribution in [-0.4, -0.2) is 17.8 Å². The van der Waals surface area contributed by atoms with Crippen molar-refractivity contribution in [3.8, 4) is 0 Å². The third kappa shape index (κ3) is 2.54. The van der Waals surface area contributed by atoms with Gasteiger partial charge in [-0.2, -0.15) is 0 Å². The molecule has 2 N–H and O–H groups in total. The van der Waals surface area contributed by atoms with Gasteiger partial charge in [0.2, 0.25) is 0 Å². The molecule has 3 atom stereocenters. The van der Waals surface area contributed by atoms with Gasteiger partial charge >= 0.3 is 0 Å². The monoisotopic (exact) mass is 221 g/mol. The quantitative estimate of drug-likeness (QED) is 0.766. The fourth-order valence-corrected chi connectivity index (χ4v) is 2.12. The summed E-state index contributed by atoms with van der Waals surface area (Å²) in [5, 5.41) is 12.5. The predicted molar refractivity (Wildman–Crippen MR) is 63.1 cm³/mol. The van der Waals surface area contributed by atoms with E-state index in [4.69, 9.17) is 9.52 Å². The van der Waals surface area contributed by atoms with E-state index >= 15 is 0 Å². The van der Waals surface area contributed by atoms with Gasteiger partial charge < -0.3 is 14.8 Å². The molecule has 1 unspecified atom stereocenters. The molecule has 1 heterocycles. The first-order chi connectivity index (χ1) is 7.69. The molecule has 1 aromatic rings. The van der Waals surface area contributed by atoms with Gasteiger partial charge in [0.15, 0.2) is 0 Å². The lowest BCUT2D eigenvalue weighted by Gasteiger charge is -2.17. The fraction of sp³-hybridized carbons (Fsp3) is 0.538. The van der Waals surface area contributed by atoms with Gasteiger partial charge in [0.1, 0.15) is 11.5 Å². The van der Waals surface area contributed by atoms with Gasteiger partial charge in [0, 0.05) is 18.6 Å². The molecule has 3 heteroatoms. The van der Waals surface area contributed by atoms with E-state index < -0.39 is 0 Å². The predicted octanol–water partition coefficient (Wildman–Crippen LogP) is 2.18. The summed E-state index contributed by atoms with van der Waals surface area (Å²) in [5.41, 5.74) is 0. The van der Waals surface area contributed by atoms with Crippen molar-refractivity contribution < 1.29 is 9.52 Å². The summed E-state index contributed by atoms with van der Waals surface area (Å²) in [7, 11) is 0. The average Bonchev–Trinajstić information content (AvgIpc) is 2.87. The maximum Gasteiger partial charge on any atom is 0.120 e. The molecule has 0 amide bonds. The Morgan fingerprint density at radius 3 is 2.88 bits per heavy atom. The number of hydrogen-bond acceptors (Lipinski definition) is 3. The molecule has 0 saturated carbocycles. The lowest BCUT2D eigenvalue weighted by molar-refractivity contribution is 0.244. The maximum atomic E-state index is 9.04. The van der Waals surface area contributed by atoms with E-state index in [0.29, 0.717) is 12.0 Å². The highest BCUT2D eigenvalue weighted by atomic mass is 16.3. The molecule has 0 aromatic carbocycles. The second-order valence-corrected chi connectivity index (χ2v) is 4.51. The van der Waals surface area contributed by atoms with Gasteiger partial charge in [-0.3, -0.25) is 0 Å². The van der Waals surface area contributed by atoms with Crippen LogP contribution in [0.3, 0.4) is 0 Å². The topological polar surface area (TPSA) is 45.4 Å².